The van der Waals surface area contributed by atoms with Gasteiger partial charge in [0.05, 0.1) is 5.69 Å². The SMILES string of the molecule is NC(c1ccc2c(c1)NC(=O)CO2)C1CCCNC1. The van der Waals surface area contributed by atoms with Gasteiger partial charge in [-0.1, -0.05) is 6.07 Å². The Morgan fingerprint density at radius 1 is 1.42 bits per heavy atom. The van der Waals surface area contributed by atoms with Crippen molar-refractivity contribution < 1.29 is 9.53 Å². The number of nitrogens with one attached hydrogen (secondary N) is 2. The number of piperidine rings is 1. The summed E-state index contributed by atoms with van der Waals surface area (Å²) in [4.78, 5) is 11.3. The molecule has 1 amide bonds. The van der Waals surface area contributed by atoms with Gasteiger partial charge in [0.15, 0.2) is 6.61 Å². The summed E-state index contributed by atoms with van der Waals surface area (Å²) in [5.74, 6) is 1.06. The summed E-state index contributed by atoms with van der Waals surface area (Å²) in [5, 5.41) is 6.20. The number of rotatable bonds is 2. The lowest BCUT2D eigenvalue weighted by atomic mass is 9.87. The van der Waals surface area contributed by atoms with E-state index < -0.39 is 0 Å². The number of benzene rings is 1. The maximum Gasteiger partial charge on any atom is 0.262 e. The van der Waals surface area contributed by atoms with E-state index in [4.69, 9.17) is 10.5 Å². The smallest absolute Gasteiger partial charge is 0.262 e. The van der Waals surface area contributed by atoms with Gasteiger partial charge in [0.2, 0.25) is 0 Å². The van der Waals surface area contributed by atoms with Gasteiger partial charge in [-0.25, -0.2) is 0 Å². The Balaban J connectivity index is 1.80. The van der Waals surface area contributed by atoms with Crippen molar-refractivity contribution >= 4 is 11.6 Å². The van der Waals surface area contributed by atoms with Crippen molar-refractivity contribution in [3.8, 4) is 5.75 Å². The van der Waals surface area contributed by atoms with Crippen LogP contribution < -0.4 is 21.1 Å². The molecule has 0 aliphatic carbocycles. The van der Waals surface area contributed by atoms with Gasteiger partial charge in [-0.15, -0.1) is 0 Å². The first kappa shape index (κ1) is 12.4. The van der Waals surface area contributed by atoms with Crippen LogP contribution in [0.5, 0.6) is 5.75 Å². The quantitative estimate of drug-likeness (QED) is 0.743. The van der Waals surface area contributed by atoms with Crippen molar-refractivity contribution in [3.63, 3.8) is 0 Å². The first-order chi connectivity index (χ1) is 9.24. The molecule has 2 heterocycles. The van der Waals surface area contributed by atoms with Crippen molar-refractivity contribution in [3.05, 3.63) is 23.8 Å². The second kappa shape index (κ2) is 5.19. The first-order valence-electron chi connectivity index (χ1n) is 6.77. The summed E-state index contributed by atoms with van der Waals surface area (Å²) >= 11 is 0. The van der Waals surface area contributed by atoms with Crippen LogP contribution in [-0.4, -0.2) is 25.6 Å². The van der Waals surface area contributed by atoms with Gasteiger partial charge < -0.3 is 21.1 Å². The number of anilines is 1. The minimum absolute atomic E-state index is 0.00284. The van der Waals surface area contributed by atoms with E-state index >= 15 is 0 Å². The van der Waals surface area contributed by atoms with Gasteiger partial charge in [0, 0.05) is 6.04 Å². The average Bonchev–Trinajstić information content (AvgIpc) is 2.46. The summed E-state index contributed by atoms with van der Waals surface area (Å²) in [5.41, 5.74) is 8.13. The molecule has 1 aromatic rings. The van der Waals surface area contributed by atoms with E-state index in [-0.39, 0.29) is 18.6 Å². The molecule has 4 N–H and O–H groups in total. The number of nitrogens with two attached hydrogens (primary N) is 1. The third-order valence-corrected chi connectivity index (χ3v) is 3.86. The van der Waals surface area contributed by atoms with Crippen LogP contribution in [0.1, 0.15) is 24.4 Å². The molecule has 5 nitrogen and oxygen atoms in total. The minimum atomic E-state index is -0.113. The summed E-state index contributed by atoms with van der Waals surface area (Å²) < 4.78 is 5.35. The van der Waals surface area contributed by atoms with Crippen LogP contribution in [0.4, 0.5) is 5.69 Å². The highest BCUT2D eigenvalue weighted by Crippen LogP contribution is 2.33. The molecule has 0 saturated carbocycles. The molecule has 2 unspecified atom stereocenters. The maximum atomic E-state index is 11.3. The van der Waals surface area contributed by atoms with E-state index in [1.165, 1.54) is 6.42 Å². The predicted molar refractivity (Wildman–Crippen MR) is 73.1 cm³/mol. The summed E-state index contributed by atoms with van der Waals surface area (Å²) in [6, 6.07) is 5.82. The molecule has 1 saturated heterocycles. The second-order valence-corrected chi connectivity index (χ2v) is 5.22. The number of hydrogen-bond acceptors (Lipinski definition) is 4. The van der Waals surface area contributed by atoms with E-state index in [9.17, 15) is 4.79 Å². The fourth-order valence-electron chi connectivity index (χ4n) is 2.77. The Kier molecular flexibility index (Phi) is 3.40. The molecule has 2 atom stereocenters. The van der Waals surface area contributed by atoms with Gasteiger partial charge in [-0.3, -0.25) is 4.79 Å². The Morgan fingerprint density at radius 3 is 3.11 bits per heavy atom. The zero-order chi connectivity index (χ0) is 13.2. The molecule has 19 heavy (non-hydrogen) atoms. The van der Waals surface area contributed by atoms with Gasteiger partial charge in [0.1, 0.15) is 5.75 Å². The lowest BCUT2D eigenvalue weighted by Crippen LogP contribution is -2.36. The van der Waals surface area contributed by atoms with E-state index in [1.807, 2.05) is 18.2 Å². The minimum Gasteiger partial charge on any atom is -0.482 e. The van der Waals surface area contributed by atoms with Crippen molar-refractivity contribution in [1.82, 2.24) is 5.32 Å². The number of carbonyl (C=O) groups is 1. The van der Waals surface area contributed by atoms with Gasteiger partial charge >= 0.3 is 0 Å². The highest BCUT2D eigenvalue weighted by molar-refractivity contribution is 5.95. The topological polar surface area (TPSA) is 76.4 Å². The molecule has 1 fully saturated rings. The van der Waals surface area contributed by atoms with Crippen molar-refractivity contribution in [2.75, 3.05) is 25.0 Å². The Labute approximate surface area is 112 Å². The van der Waals surface area contributed by atoms with Crippen LogP contribution in [0.15, 0.2) is 18.2 Å². The summed E-state index contributed by atoms with van der Waals surface area (Å²) in [6.07, 6.45) is 2.32. The monoisotopic (exact) mass is 261 g/mol. The zero-order valence-electron chi connectivity index (χ0n) is 10.8. The largest absolute Gasteiger partial charge is 0.482 e. The van der Waals surface area contributed by atoms with E-state index in [0.717, 1.165) is 36.5 Å². The second-order valence-electron chi connectivity index (χ2n) is 5.22. The predicted octanol–water partition coefficient (Wildman–Crippen LogP) is 1.02. The number of amides is 1. The molecular weight excluding hydrogens is 242 g/mol. The lowest BCUT2D eigenvalue weighted by Gasteiger charge is -2.29. The molecule has 102 valence electrons. The molecule has 5 heteroatoms. The Hall–Kier alpha value is -1.59. The number of ether oxygens (including phenoxy) is 1. The molecule has 2 aliphatic rings. The summed E-state index contributed by atoms with van der Waals surface area (Å²) in [6.45, 7) is 2.13. The molecule has 0 radical (unpaired) electrons. The Morgan fingerprint density at radius 2 is 2.32 bits per heavy atom. The molecule has 0 aromatic heterocycles. The highest BCUT2D eigenvalue weighted by atomic mass is 16.5. The van der Waals surface area contributed by atoms with Gasteiger partial charge in [-0.05, 0) is 49.5 Å². The first-order valence-corrected chi connectivity index (χ1v) is 6.77. The molecule has 1 aromatic carbocycles. The van der Waals surface area contributed by atoms with Crippen LogP contribution in [0.25, 0.3) is 0 Å². The number of fused-ring (bicyclic) bond motifs is 1. The fourth-order valence-corrected chi connectivity index (χ4v) is 2.77. The molecular formula is C14H19N3O2. The van der Waals surface area contributed by atoms with Crippen molar-refractivity contribution in [2.24, 2.45) is 11.7 Å². The molecule has 2 aliphatic heterocycles. The van der Waals surface area contributed by atoms with Gasteiger partial charge in [0.25, 0.3) is 5.91 Å². The van der Waals surface area contributed by atoms with E-state index in [1.54, 1.807) is 0 Å². The van der Waals surface area contributed by atoms with Crippen LogP contribution in [0, 0.1) is 5.92 Å². The number of hydrogen-bond donors (Lipinski definition) is 3. The van der Waals surface area contributed by atoms with Crippen LogP contribution in [-0.2, 0) is 4.79 Å². The van der Waals surface area contributed by atoms with Crippen LogP contribution >= 0.6 is 0 Å². The van der Waals surface area contributed by atoms with E-state index in [2.05, 4.69) is 10.6 Å². The average molecular weight is 261 g/mol. The normalized spacial score (nSPS) is 24.1. The Bertz CT molecular complexity index is 484. The highest BCUT2D eigenvalue weighted by Gasteiger charge is 2.23. The van der Waals surface area contributed by atoms with Crippen LogP contribution in [0.3, 0.4) is 0 Å². The fraction of sp³-hybridized carbons (Fsp3) is 0.500. The van der Waals surface area contributed by atoms with E-state index in [0.29, 0.717) is 5.92 Å². The zero-order valence-corrected chi connectivity index (χ0v) is 10.8. The van der Waals surface area contributed by atoms with Crippen molar-refractivity contribution in [2.45, 2.75) is 18.9 Å². The summed E-state index contributed by atoms with van der Waals surface area (Å²) in [7, 11) is 0. The maximum absolute atomic E-state index is 11.3. The number of carbonyl (C=O) groups excluding carboxylic acids is 1. The third kappa shape index (κ3) is 2.57. The van der Waals surface area contributed by atoms with Gasteiger partial charge in [-0.2, -0.15) is 0 Å². The third-order valence-electron chi connectivity index (χ3n) is 3.86. The standard InChI is InChI=1S/C14H19N3O2/c15-14(10-2-1-5-16-7-10)9-3-4-12-11(6-9)17-13(18)8-19-12/h3-4,6,10,14,16H,1-2,5,7-8,15H2,(H,17,18). The molecule has 0 spiro atoms. The lowest BCUT2D eigenvalue weighted by molar-refractivity contribution is -0.118. The van der Waals surface area contributed by atoms with Crippen LogP contribution in [0.2, 0.25) is 0 Å². The molecule has 0 bridgehead atoms. The molecule has 3 rings (SSSR count). The van der Waals surface area contributed by atoms with Crippen molar-refractivity contribution in [1.29, 1.82) is 0 Å².